The number of hydrogen-bond donors (Lipinski definition) is 3. The van der Waals surface area contributed by atoms with E-state index < -0.39 is 5.60 Å². The van der Waals surface area contributed by atoms with Crippen molar-refractivity contribution in [1.29, 1.82) is 0 Å². The van der Waals surface area contributed by atoms with E-state index in [1.54, 1.807) is 6.20 Å². The molecular formula is C26H32N4O2. The van der Waals surface area contributed by atoms with Crippen LogP contribution in [0.4, 0.5) is 5.82 Å². The molecule has 4 saturated carbocycles. The van der Waals surface area contributed by atoms with Gasteiger partial charge in [0.15, 0.2) is 0 Å². The Bertz CT molecular complexity index is 1120. The van der Waals surface area contributed by atoms with Crippen LogP contribution in [0.1, 0.15) is 80.8 Å². The third kappa shape index (κ3) is 2.39. The number of aromatic nitrogens is 2. The molecule has 32 heavy (non-hydrogen) atoms. The number of hydrogen-bond acceptors (Lipinski definition) is 4. The molecule has 1 spiro atoms. The average molecular weight is 433 g/mol. The molecule has 1 aliphatic heterocycles. The van der Waals surface area contributed by atoms with Gasteiger partial charge in [0, 0.05) is 5.54 Å². The van der Waals surface area contributed by atoms with Crippen molar-refractivity contribution in [3.63, 3.8) is 0 Å². The molecule has 0 saturated heterocycles. The standard InChI is InChI=1S/C26H32N4O2/c1-23(2)11-20(16-6-4-3-5-7-16)28-21-19(12-27-30(21)23)22(31)29-24-9-17-8-18-10-25(32,13-24)15-26(17,18)14-24/h3-7,12,17-18,20,28,32H,8-11,13-15H2,1-2H3,(H,29,31). The topological polar surface area (TPSA) is 79.2 Å². The van der Waals surface area contributed by atoms with Gasteiger partial charge < -0.3 is 15.7 Å². The number of carbonyl (C=O) groups excluding carboxylic acids is 1. The Morgan fingerprint density at radius 2 is 1.91 bits per heavy atom. The smallest absolute Gasteiger partial charge is 0.257 e. The average Bonchev–Trinajstić information content (AvgIpc) is 3.29. The highest BCUT2D eigenvalue weighted by Gasteiger charge is 2.75. The third-order valence-corrected chi connectivity index (χ3v) is 9.63. The van der Waals surface area contributed by atoms with Crippen LogP contribution in [-0.4, -0.2) is 31.9 Å². The summed E-state index contributed by atoms with van der Waals surface area (Å²) in [5, 5.41) is 22.9. The lowest BCUT2D eigenvalue weighted by Gasteiger charge is -2.49. The Balaban J connectivity index is 1.20. The van der Waals surface area contributed by atoms with E-state index in [0.717, 1.165) is 37.9 Å². The van der Waals surface area contributed by atoms with Gasteiger partial charge in [-0.1, -0.05) is 30.3 Å². The van der Waals surface area contributed by atoms with E-state index in [2.05, 4.69) is 53.8 Å². The van der Waals surface area contributed by atoms with Crippen LogP contribution in [0.3, 0.4) is 0 Å². The van der Waals surface area contributed by atoms with E-state index in [9.17, 15) is 9.90 Å². The number of anilines is 1. The molecule has 1 amide bonds. The maximum absolute atomic E-state index is 13.7. The Hall–Kier alpha value is -2.34. The fraction of sp³-hybridized carbons (Fsp3) is 0.615. The highest BCUT2D eigenvalue weighted by atomic mass is 16.3. The minimum Gasteiger partial charge on any atom is -0.390 e. The first-order valence-corrected chi connectivity index (χ1v) is 12.2. The van der Waals surface area contributed by atoms with Crippen molar-refractivity contribution in [3.8, 4) is 0 Å². The van der Waals surface area contributed by atoms with Gasteiger partial charge in [-0.05, 0) is 81.6 Å². The highest BCUT2D eigenvalue weighted by Crippen LogP contribution is 2.77. The van der Waals surface area contributed by atoms with Crippen LogP contribution in [0.25, 0.3) is 0 Å². The summed E-state index contributed by atoms with van der Waals surface area (Å²) in [5.74, 6) is 2.09. The van der Waals surface area contributed by atoms with Crippen molar-refractivity contribution in [1.82, 2.24) is 15.1 Å². The maximum atomic E-state index is 13.7. The Kier molecular flexibility index (Phi) is 3.45. The summed E-state index contributed by atoms with van der Waals surface area (Å²) >= 11 is 0. The molecule has 5 aliphatic rings. The molecule has 7 rings (SSSR count). The Morgan fingerprint density at radius 3 is 2.72 bits per heavy atom. The van der Waals surface area contributed by atoms with Gasteiger partial charge in [0.25, 0.3) is 5.91 Å². The lowest BCUT2D eigenvalue weighted by Crippen LogP contribution is -2.54. The number of nitrogens with one attached hydrogen (secondary N) is 2. The first-order valence-electron chi connectivity index (χ1n) is 12.2. The summed E-state index contributed by atoms with van der Waals surface area (Å²) in [7, 11) is 0. The van der Waals surface area contributed by atoms with Crippen LogP contribution in [-0.2, 0) is 5.54 Å². The summed E-state index contributed by atoms with van der Waals surface area (Å²) in [6.45, 7) is 4.37. The van der Waals surface area contributed by atoms with Crippen LogP contribution < -0.4 is 10.6 Å². The van der Waals surface area contributed by atoms with Crippen LogP contribution in [0.5, 0.6) is 0 Å². The molecular weight excluding hydrogens is 400 g/mol. The minimum atomic E-state index is -0.585. The lowest BCUT2D eigenvalue weighted by molar-refractivity contribution is -0.0331. The molecule has 0 radical (unpaired) electrons. The van der Waals surface area contributed by atoms with Crippen molar-refractivity contribution in [3.05, 3.63) is 47.7 Å². The van der Waals surface area contributed by atoms with Crippen LogP contribution in [0.15, 0.2) is 36.5 Å². The molecule has 3 N–H and O–H groups in total. The van der Waals surface area contributed by atoms with E-state index in [4.69, 9.17) is 0 Å². The van der Waals surface area contributed by atoms with E-state index in [0.29, 0.717) is 23.8 Å². The second kappa shape index (κ2) is 5.77. The molecule has 2 heterocycles. The number of rotatable bonds is 3. The van der Waals surface area contributed by atoms with Crippen LogP contribution in [0.2, 0.25) is 0 Å². The summed E-state index contributed by atoms with van der Waals surface area (Å²) in [6.07, 6.45) is 8.50. The molecule has 1 aromatic carbocycles. The zero-order valence-corrected chi connectivity index (χ0v) is 18.9. The van der Waals surface area contributed by atoms with Crippen molar-refractivity contribution < 1.29 is 9.90 Å². The van der Waals surface area contributed by atoms with Gasteiger partial charge in [-0.3, -0.25) is 4.79 Å². The van der Waals surface area contributed by atoms with Gasteiger partial charge >= 0.3 is 0 Å². The normalized spacial score (nSPS) is 42.0. The van der Waals surface area contributed by atoms with Gasteiger partial charge in [0.1, 0.15) is 11.4 Å². The van der Waals surface area contributed by atoms with E-state index in [-0.39, 0.29) is 28.4 Å². The summed E-state index contributed by atoms with van der Waals surface area (Å²) in [4.78, 5) is 13.7. The molecule has 4 fully saturated rings. The molecule has 1 aromatic heterocycles. The summed E-state index contributed by atoms with van der Waals surface area (Å²) in [5.41, 5.74) is 1.08. The van der Waals surface area contributed by atoms with Gasteiger partial charge in [-0.15, -0.1) is 0 Å². The lowest BCUT2D eigenvalue weighted by atomic mass is 9.56. The van der Waals surface area contributed by atoms with Crippen molar-refractivity contribution in [2.75, 3.05) is 5.32 Å². The SMILES string of the molecule is CC1(C)CC(c2ccccc2)Nc2c(C(=O)NC34CC5CC6CC(O)(C3)CC65C4)cnn21. The maximum Gasteiger partial charge on any atom is 0.257 e. The predicted molar refractivity (Wildman–Crippen MR) is 121 cm³/mol. The first-order chi connectivity index (χ1) is 15.2. The third-order valence-electron chi connectivity index (χ3n) is 9.63. The zero-order chi connectivity index (χ0) is 21.9. The van der Waals surface area contributed by atoms with Crippen LogP contribution >= 0.6 is 0 Å². The number of amides is 1. The number of nitrogens with zero attached hydrogens (tertiary/aromatic N) is 2. The molecule has 6 nitrogen and oxygen atoms in total. The zero-order valence-electron chi connectivity index (χ0n) is 18.9. The molecule has 6 atom stereocenters. The quantitative estimate of drug-likeness (QED) is 0.685. The monoisotopic (exact) mass is 432 g/mol. The fourth-order valence-electron chi connectivity index (χ4n) is 8.66. The number of fused-ring (bicyclic) bond motifs is 3. The molecule has 2 aromatic rings. The molecule has 3 bridgehead atoms. The Morgan fingerprint density at radius 1 is 1.12 bits per heavy atom. The van der Waals surface area contributed by atoms with Crippen LogP contribution in [0, 0.1) is 17.3 Å². The molecule has 6 unspecified atom stereocenters. The van der Waals surface area contributed by atoms with Gasteiger partial charge in [-0.25, -0.2) is 4.68 Å². The van der Waals surface area contributed by atoms with Crippen molar-refractivity contribution in [2.24, 2.45) is 17.3 Å². The largest absolute Gasteiger partial charge is 0.390 e. The van der Waals surface area contributed by atoms with E-state index >= 15 is 0 Å². The van der Waals surface area contributed by atoms with Crippen molar-refractivity contribution >= 4 is 11.7 Å². The molecule has 4 aliphatic carbocycles. The summed E-state index contributed by atoms with van der Waals surface area (Å²) in [6, 6.07) is 10.6. The van der Waals surface area contributed by atoms with E-state index in [1.165, 1.54) is 12.0 Å². The molecule has 6 heteroatoms. The predicted octanol–water partition coefficient (Wildman–Crippen LogP) is 3.99. The number of carbonyl (C=O) groups is 1. The highest BCUT2D eigenvalue weighted by molar-refractivity contribution is 5.99. The van der Waals surface area contributed by atoms with Gasteiger partial charge in [-0.2, -0.15) is 5.10 Å². The second-order valence-corrected chi connectivity index (χ2v) is 12.2. The molecule has 168 valence electrons. The first kappa shape index (κ1) is 19.2. The van der Waals surface area contributed by atoms with Crippen molar-refractivity contribution in [2.45, 2.75) is 81.5 Å². The number of aliphatic hydroxyl groups is 1. The van der Waals surface area contributed by atoms with Gasteiger partial charge in [0.2, 0.25) is 0 Å². The minimum absolute atomic E-state index is 0.0533. The summed E-state index contributed by atoms with van der Waals surface area (Å²) < 4.78 is 1.98. The number of benzene rings is 1. The second-order valence-electron chi connectivity index (χ2n) is 12.2. The van der Waals surface area contributed by atoms with Gasteiger partial charge in [0.05, 0.1) is 23.4 Å². The fourth-order valence-corrected chi connectivity index (χ4v) is 8.66. The Labute approximate surface area is 188 Å². The van der Waals surface area contributed by atoms with E-state index in [1.807, 2.05) is 10.7 Å².